The van der Waals surface area contributed by atoms with Crippen LogP contribution in [0.1, 0.15) is 23.0 Å². The van der Waals surface area contributed by atoms with E-state index in [1.165, 1.54) is 5.56 Å². The number of hydrogen-bond donors (Lipinski definition) is 2. The van der Waals surface area contributed by atoms with E-state index in [4.69, 9.17) is 4.74 Å². The van der Waals surface area contributed by atoms with Crippen LogP contribution >= 0.6 is 0 Å². The first kappa shape index (κ1) is 17.5. The Balaban J connectivity index is 1.77. The second-order valence-electron chi connectivity index (χ2n) is 5.75. The van der Waals surface area contributed by atoms with E-state index in [0.29, 0.717) is 17.1 Å². The molecule has 2 aromatic carbocycles. The molecular weight excluding hydrogens is 326 g/mol. The predicted molar refractivity (Wildman–Crippen MR) is 104 cm³/mol. The number of carbonyl (C=O) groups excluding carboxylic acids is 1. The molecule has 5 nitrogen and oxygen atoms in total. The zero-order chi connectivity index (χ0) is 18.4. The third kappa shape index (κ3) is 4.19. The number of pyridine rings is 1. The van der Waals surface area contributed by atoms with Gasteiger partial charge in [-0.25, -0.2) is 0 Å². The van der Waals surface area contributed by atoms with Crippen molar-refractivity contribution in [1.82, 2.24) is 4.98 Å². The van der Waals surface area contributed by atoms with E-state index >= 15 is 0 Å². The lowest BCUT2D eigenvalue weighted by Gasteiger charge is -2.12. The number of ether oxygens (including phenoxy) is 1. The van der Waals surface area contributed by atoms with Crippen LogP contribution in [0.3, 0.4) is 0 Å². The number of amides is 1. The summed E-state index contributed by atoms with van der Waals surface area (Å²) in [6, 6.07) is 18.9. The number of carbonyl (C=O) groups is 1. The first-order valence-corrected chi connectivity index (χ1v) is 8.46. The molecule has 132 valence electrons. The molecule has 1 aromatic heterocycles. The Bertz CT molecular complexity index is 909. The highest BCUT2D eigenvalue weighted by Gasteiger charge is 2.10. The SMILES string of the molecule is CCc1ccccc1Nc1ccnc(C(=O)Nc2cccc(OC)c2)c1. The molecule has 26 heavy (non-hydrogen) atoms. The molecule has 0 bridgehead atoms. The van der Waals surface area contributed by atoms with Gasteiger partial charge >= 0.3 is 0 Å². The molecule has 0 aliphatic heterocycles. The fourth-order valence-corrected chi connectivity index (χ4v) is 2.63. The van der Waals surface area contributed by atoms with Crippen LogP contribution in [-0.4, -0.2) is 18.0 Å². The van der Waals surface area contributed by atoms with Crippen LogP contribution in [-0.2, 0) is 6.42 Å². The molecule has 0 aliphatic rings. The van der Waals surface area contributed by atoms with E-state index in [1.54, 1.807) is 31.5 Å². The van der Waals surface area contributed by atoms with Crippen LogP contribution in [0, 0.1) is 0 Å². The fourth-order valence-electron chi connectivity index (χ4n) is 2.63. The molecule has 0 fully saturated rings. The summed E-state index contributed by atoms with van der Waals surface area (Å²) in [7, 11) is 1.59. The molecule has 2 N–H and O–H groups in total. The minimum absolute atomic E-state index is 0.273. The van der Waals surface area contributed by atoms with Crippen molar-refractivity contribution in [2.24, 2.45) is 0 Å². The average molecular weight is 347 g/mol. The third-order valence-electron chi connectivity index (χ3n) is 4.00. The molecule has 3 rings (SSSR count). The van der Waals surface area contributed by atoms with Crippen molar-refractivity contribution >= 4 is 23.0 Å². The Morgan fingerprint density at radius 3 is 2.69 bits per heavy atom. The zero-order valence-electron chi connectivity index (χ0n) is 14.8. The molecule has 0 saturated heterocycles. The van der Waals surface area contributed by atoms with E-state index in [0.717, 1.165) is 17.8 Å². The van der Waals surface area contributed by atoms with Crippen molar-refractivity contribution in [3.8, 4) is 5.75 Å². The summed E-state index contributed by atoms with van der Waals surface area (Å²) in [5.41, 5.74) is 4.06. The molecule has 1 heterocycles. The number of nitrogens with zero attached hydrogens (tertiary/aromatic N) is 1. The van der Waals surface area contributed by atoms with Gasteiger partial charge in [0.1, 0.15) is 11.4 Å². The van der Waals surface area contributed by atoms with Crippen molar-refractivity contribution in [3.05, 3.63) is 78.1 Å². The fraction of sp³-hybridized carbons (Fsp3) is 0.143. The standard InChI is InChI=1S/C21H21N3O2/c1-3-15-7-4-5-10-19(15)23-17-11-12-22-20(14-17)21(25)24-16-8-6-9-18(13-16)26-2/h4-14H,3H2,1-2H3,(H,22,23)(H,24,25). The van der Waals surface area contributed by atoms with Gasteiger partial charge in [0.15, 0.2) is 0 Å². The largest absolute Gasteiger partial charge is 0.497 e. The maximum atomic E-state index is 12.5. The number of aromatic nitrogens is 1. The maximum Gasteiger partial charge on any atom is 0.274 e. The van der Waals surface area contributed by atoms with Crippen LogP contribution in [0.25, 0.3) is 0 Å². The molecule has 0 spiro atoms. The normalized spacial score (nSPS) is 10.2. The van der Waals surface area contributed by atoms with Crippen molar-refractivity contribution in [2.75, 3.05) is 17.7 Å². The summed E-state index contributed by atoms with van der Waals surface area (Å²) >= 11 is 0. The first-order chi connectivity index (χ1) is 12.7. The Kier molecular flexibility index (Phi) is 5.49. The Hall–Kier alpha value is -3.34. The molecule has 3 aromatic rings. The predicted octanol–water partition coefficient (Wildman–Crippen LogP) is 4.65. The number of rotatable bonds is 6. The van der Waals surface area contributed by atoms with E-state index < -0.39 is 0 Å². The smallest absolute Gasteiger partial charge is 0.274 e. The Morgan fingerprint density at radius 1 is 1.04 bits per heavy atom. The maximum absolute atomic E-state index is 12.5. The highest BCUT2D eigenvalue weighted by Crippen LogP contribution is 2.22. The van der Waals surface area contributed by atoms with Gasteiger partial charge in [-0.05, 0) is 42.3 Å². The number of anilines is 3. The van der Waals surface area contributed by atoms with E-state index in [1.807, 2.05) is 36.4 Å². The summed E-state index contributed by atoms with van der Waals surface area (Å²) in [5.74, 6) is 0.410. The number of aryl methyl sites for hydroxylation is 1. The molecule has 0 radical (unpaired) electrons. The Labute approximate surface area is 153 Å². The van der Waals surface area contributed by atoms with Crippen LogP contribution in [0.5, 0.6) is 5.75 Å². The number of hydrogen-bond acceptors (Lipinski definition) is 4. The van der Waals surface area contributed by atoms with E-state index in [-0.39, 0.29) is 5.91 Å². The van der Waals surface area contributed by atoms with Gasteiger partial charge in [-0.15, -0.1) is 0 Å². The van der Waals surface area contributed by atoms with E-state index in [2.05, 4.69) is 28.6 Å². The molecule has 0 saturated carbocycles. The zero-order valence-corrected chi connectivity index (χ0v) is 14.8. The summed E-state index contributed by atoms with van der Waals surface area (Å²) in [6.45, 7) is 2.11. The minimum atomic E-state index is -0.273. The van der Waals surface area contributed by atoms with Gasteiger partial charge < -0.3 is 15.4 Å². The second kappa shape index (κ2) is 8.16. The highest BCUT2D eigenvalue weighted by atomic mass is 16.5. The molecule has 0 atom stereocenters. The molecule has 0 unspecified atom stereocenters. The Morgan fingerprint density at radius 2 is 1.88 bits per heavy atom. The van der Waals surface area contributed by atoms with Gasteiger partial charge in [-0.1, -0.05) is 31.2 Å². The molecule has 5 heteroatoms. The summed E-state index contributed by atoms with van der Waals surface area (Å²) in [6.07, 6.45) is 2.55. The number of nitrogens with one attached hydrogen (secondary N) is 2. The highest BCUT2D eigenvalue weighted by molar-refractivity contribution is 6.03. The van der Waals surface area contributed by atoms with Gasteiger partial charge in [0.2, 0.25) is 0 Å². The number of benzene rings is 2. The molecule has 1 amide bonds. The topological polar surface area (TPSA) is 63.2 Å². The lowest BCUT2D eigenvalue weighted by atomic mass is 10.1. The van der Waals surface area contributed by atoms with Crippen molar-refractivity contribution < 1.29 is 9.53 Å². The van der Waals surface area contributed by atoms with Gasteiger partial charge in [0, 0.05) is 29.3 Å². The minimum Gasteiger partial charge on any atom is -0.497 e. The number of methoxy groups -OCH3 is 1. The average Bonchev–Trinajstić information content (AvgIpc) is 2.69. The van der Waals surface area contributed by atoms with Crippen molar-refractivity contribution in [2.45, 2.75) is 13.3 Å². The van der Waals surface area contributed by atoms with Gasteiger partial charge in [-0.3, -0.25) is 9.78 Å². The lowest BCUT2D eigenvalue weighted by molar-refractivity contribution is 0.102. The van der Waals surface area contributed by atoms with Gasteiger partial charge in [-0.2, -0.15) is 0 Å². The van der Waals surface area contributed by atoms with Crippen LogP contribution in [0.15, 0.2) is 66.9 Å². The number of para-hydroxylation sites is 1. The second-order valence-corrected chi connectivity index (χ2v) is 5.75. The van der Waals surface area contributed by atoms with Crippen LogP contribution in [0.4, 0.5) is 17.1 Å². The van der Waals surface area contributed by atoms with Crippen molar-refractivity contribution in [1.29, 1.82) is 0 Å². The lowest BCUT2D eigenvalue weighted by Crippen LogP contribution is -2.13. The van der Waals surface area contributed by atoms with Gasteiger partial charge in [0.25, 0.3) is 5.91 Å². The van der Waals surface area contributed by atoms with Crippen molar-refractivity contribution in [3.63, 3.8) is 0 Å². The van der Waals surface area contributed by atoms with Gasteiger partial charge in [0.05, 0.1) is 7.11 Å². The quantitative estimate of drug-likeness (QED) is 0.681. The first-order valence-electron chi connectivity index (χ1n) is 8.46. The van der Waals surface area contributed by atoms with Crippen LogP contribution in [0.2, 0.25) is 0 Å². The summed E-state index contributed by atoms with van der Waals surface area (Å²) in [5, 5.41) is 6.20. The molecule has 0 aliphatic carbocycles. The van der Waals surface area contributed by atoms with E-state index in [9.17, 15) is 4.79 Å². The van der Waals surface area contributed by atoms with Crippen LogP contribution < -0.4 is 15.4 Å². The third-order valence-corrected chi connectivity index (χ3v) is 4.00. The monoisotopic (exact) mass is 347 g/mol. The summed E-state index contributed by atoms with van der Waals surface area (Å²) in [4.78, 5) is 16.7. The summed E-state index contributed by atoms with van der Waals surface area (Å²) < 4.78 is 5.17. The molecular formula is C21H21N3O2.